The van der Waals surface area contributed by atoms with E-state index in [-0.39, 0.29) is 5.82 Å². The summed E-state index contributed by atoms with van der Waals surface area (Å²) in [6.45, 7) is 0. The quantitative estimate of drug-likeness (QED) is 0.530. The van der Waals surface area contributed by atoms with Gasteiger partial charge in [0.1, 0.15) is 5.82 Å². The van der Waals surface area contributed by atoms with Crippen LogP contribution in [-0.2, 0) is 6.42 Å². The maximum absolute atomic E-state index is 14.2. The second-order valence-electron chi connectivity index (χ2n) is 6.59. The number of halogens is 1. The van der Waals surface area contributed by atoms with E-state index in [9.17, 15) is 9.50 Å². The molecule has 0 aliphatic carbocycles. The van der Waals surface area contributed by atoms with E-state index in [0.29, 0.717) is 29.1 Å². The van der Waals surface area contributed by atoms with Gasteiger partial charge in [0.2, 0.25) is 5.95 Å². The summed E-state index contributed by atoms with van der Waals surface area (Å²) in [5.74, 6) is 0.197. The van der Waals surface area contributed by atoms with E-state index >= 15 is 0 Å². The Balaban J connectivity index is 1.77. The molecule has 1 unspecified atom stereocenters. The van der Waals surface area contributed by atoms with Crippen molar-refractivity contribution in [3.8, 4) is 11.3 Å². The molecular weight excluding hydrogens is 353 g/mol. The largest absolute Gasteiger partial charge is 0.388 e. The molecule has 1 heterocycles. The zero-order chi connectivity index (χ0) is 19.5. The Labute approximate surface area is 162 Å². The lowest BCUT2D eigenvalue weighted by Crippen LogP contribution is -2.07. The van der Waals surface area contributed by atoms with E-state index in [1.165, 1.54) is 6.07 Å². The average molecular weight is 373 g/mol. The number of hydrogen-bond acceptors (Lipinski definition) is 4. The summed E-state index contributed by atoms with van der Waals surface area (Å²) >= 11 is 0. The third kappa shape index (κ3) is 3.57. The Kier molecular flexibility index (Phi) is 5.00. The average Bonchev–Trinajstić information content (AvgIpc) is 2.74. The van der Waals surface area contributed by atoms with Crippen molar-refractivity contribution in [1.82, 2.24) is 9.97 Å². The van der Waals surface area contributed by atoms with Gasteiger partial charge in [-0.2, -0.15) is 0 Å². The topological polar surface area (TPSA) is 58.0 Å². The maximum Gasteiger partial charge on any atom is 0.223 e. The zero-order valence-electron chi connectivity index (χ0n) is 15.4. The molecule has 0 saturated heterocycles. The Hall–Kier alpha value is -3.31. The molecule has 0 radical (unpaired) electrons. The number of nitrogens with zero attached hydrogens (tertiary/aromatic N) is 2. The van der Waals surface area contributed by atoms with Crippen LogP contribution >= 0.6 is 0 Å². The van der Waals surface area contributed by atoms with Crippen molar-refractivity contribution in [3.63, 3.8) is 0 Å². The summed E-state index contributed by atoms with van der Waals surface area (Å²) in [4.78, 5) is 9.04. The van der Waals surface area contributed by atoms with Gasteiger partial charge < -0.3 is 10.4 Å². The summed E-state index contributed by atoms with van der Waals surface area (Å²) < 4.78 is 14.2. The highest BCUT2D eigenvalue weighted by molar-refractivity contribution is 5.96. The van der Waals surface area contributed by atoms with Crippen molar-refractivity contribution in [2.45, 2.75) is 12.5 Å². The lowest BCUT2D eigenvalue weighted by atomic mass is 10.00. The standard InChI is InChI=1S/C23H20FN3O/c1-25-23-26-16(14-22(28)15-7-3-2-4-8-15)13-21(27-23)19-11-12-20(24)18-10-6-5-9-17(18)19/h2-13,22,28H,14H2,1H3,(H,25,26,27). The number of aliphatic hydroxyl groups excluding tert-OH is 1. The number of hydrogen-bond donors (Lipinski definition) is 2. The molecule has 28 heavy (non-hydrogen) atoms. The molecule has 0 aliphatic rings. The van der Waals surface area contributed by atoms with E-state index in [2.05, 4.69) is 15.3 Å². The van der Waals surface area contributed by atoms with Crippen molar-refractivity contribution >= 4 is 16.7 Å². The smallest absolute Gasteiger partial charge is 0.223 e. The van der Waals surface area contributed by atoms with Gasteiger partial charge in [-0.1, -0.05) is 54.6 Å². The van der Waals surface area contributed by atoms with E-state index in [1.807, 2.05) is 54.6 Å². The molecule has 3 aromatic carbocycles. The second-order valence-corrected chi connectivity index (χ2v) is 6.59. The minimum atomic E-state index is -0.668. The van der Waals surface area contributed by atoms with Crippen LogP contribution in [0.1, 0.15) is 17.4 Å². The third-order valence-corrected chi connectivity index (χ3v) is 4.74. The second kappa shape index (κ2) is 7.74. The molecule has 0 saturated carbocycles. The predicted octanol–water partition coefficient (Wildman–Crippen LogP) is 4.75. The molecule has 4 nitrogen and oxygen atoms in total. The number of aromatic nitrogens is 2. The van der Waals surface area contributed by atoms with Crippen LogP contribution in [0.2, 0.25) is 0 Å². The van der Waals surface area contributed by atoms with Gasteiger partial charge in [0.25, 0.3) is 0 Å². The molecule has 1 aromatic heterocycles. The Morgan fingerprint density at radius 1 is 0.929 bits per heavy atom. The van der Waals surface area contributed by atoms with Gasteiger partial charge in [0.15, 0.2) is 0 Å². The van der Waals surface area contributed by atoms with E-state index in [4.69, 9.17) is 0 Å². The summed E-state index contributed by atoms with van der Waals surface area (Å²) in [5.41, 5.74) is 3.05. The third-order valence-electron chi connectivity index (χ3n) is 4.74. The zero-order valence-corrected chi connectivity index (χ0v) is 15.4. The van der Waals surface area contributed by atoms with Crippen LogP contribution in [0.15, 0.2) is 72.8 Å². The monoisotopic (exact) mass is 373 g/mol. The van der Waals surface area contributed by atoms with Crippen molar-refractivity contribution in [2.24, 2.45) is 0 Å². The minimum absolute atomic E-state index is 0.262. The first kappa shape index (κ1) is 18.1. The van der Waals surface area contributed by atoms with Crippen LogP contribution in [0.25, 0.3) is 22.0 Å². The normalized spacial score (nSPS) is 12.1. The molecule has 2 N–H and O–H groups in total. The molecule has 5 heteroatoms. The Morgan fingerprint density at radius 2 is 1.64 bits per heavy atom. The van der Waals surface area contributed by atoms with Gasteiger partial charge in [0, 0.05) is 30.1 Å². The van der Waals surface area contributed by atoms with Crippen LogP contribution in [0, 0.1) is 5.82 Å². The molecule has 1 atom stereocenters. The summed E-state index contributed by atoms with van der Waals surface area (Å²) in [6, 6.07) is 21.9. The fourth-order valence-corrected chi connectivity index (χ4v) is 3.33. The molecule has 4 aromatic rings. The lowest BCUT2D eigenvalue weighted by molar-refractivity contribution is 0.177. The fraction of sp³-hybridized carbons (Fsp3) is 0.130. The van der Waals surface area contributed by atoms with Gasteiger partial charge in [-0.3, -0.25) is 0 Å². The lowest BCUT2D eigenvalue weighted by Gasteiger charge is -2.13. The Morgan fingerprint density at radius 3 is 2.39 bits per heavy atom. The van der Waals surface area contributed by atoms with E-state index < -0.39 is 6.10 Å². The molecule has 0 spiro atoms. The molecule has 0 aliphatic heterocycles. The number of anilines is 1. The first-order valence-electron chi connectivity index (χ1n) is 9.12. The summed E-state index contributed by atoms with van der Waals surface area (Å²) in [7, 11) is 1.75. The molecule has 140 valence electrons. The van der Waals surface area contributed by atoms with Gasteiger partial charge in [-0.05, 0) is 29.1 Å². The number of nitrogens with one attached hydrogen (secondary N) is 1. The highest BCUT2D eigenvalue weighted by atomic mass is 19.1. The molecular formula is C23H20FN3O. The molecule has 4 rings (SSSR count). The number of aliphatic hydroxyl groups is 1. The predicted molar refractivity (Wildman–Crippen MR) is 110 cm³/mol. The summed E-state index contributed by atoms with van der Waals surface area (Å²) in [6.07, 6.45) is -0.313. The summed E-state index contributed by atoms with van der Waals surface area (Å²) in [5, 5.41) is 14.9. The molecule has 0 fully saturated rings. The van der Waals surface area contributed by atoms with Crippen molar-refractivity contribution < 1.29 is 9.50 Å². The first-order chi connectivity index (χ1) is 13.7. The van der Waals surface area contributed by atoms with Crippen LogP contribution < -0.4 is 5.32 Å². The van der Waals surface area contributed by atoms with Crippen LogP contribution in [-0.4, -0.2) is 22.1 Å². The first-order valence-corrected chi connectivity index (χ1v) is 9.12. The van der Waals surface area contributed by atoms with Gasteiger partial charge >= 0.3 is 0 Å². The van der Waals surface area contributed by atoms with Gasteiger partial charge in [-0.15, -0.1) is 0 Å². The van der Waals surface area contributed by atoms with Crippen molar-refractivity contribution in [3.05, 3.63) is 89.9 Å². The molecule has 0 amide bonds. The van der Waals surface area contributed by atoms with Gasteiger partial charge in [-0.25, -0.2) is 14.4 Å². The van der Waals surface area contributed by atoms with Crippen molar-refractivity contribution in [2.75, 3.05) is 12.4 Å². The fourth-order valence-electron chi connectivity index (χ4n) is 3.33. The number of rotatable bonds is 5. The minimum Gasteiger partial charge on any atom is -0.388 e. The Bertz CT molecular complexity index is 1120. The highest BCUT2D eigenvalue weighted by Crippen LogP contribution is 2.30. The van der Waals surface area contributed by atoms with E-state index in [1.54, 1.807) is 19.2 Å². The number of fused-ring (bicyclic) bond motifs is 1. The van der Waals surface area contributed by atoms with E-state index in [0.717, 1.165) is 16.5 Å². The molecule has 0 bridgehead atoms. The van der Waals surface area contributed by atoms with Crippen LogP contribution in [0.3, 0.4) is 0 Å². The maximum atomic E-state index is 14.2. The SMILES string of the molecule is CNc1nc(CC(O)c2ccccc2)cc(-c2ccc(F)c3ccccc23)n1. The van der Waals surface area contributed by atoms with Crippen LogP contribution in [0.4, 0.5) is 10.3 Å². The number of benzene rings is 3. The van der Waals surface area contributed by atoms with Crippen LogP contribution in [0.5, 0.6) is 0 Å². The highest BCUT2D eigenvalue weighted by Gasteiger charge is 2.14. The van der Waals surface area contributed by atoms with Crippen molar-refractivity contribution in [1.29, 1.82) is 0 Å². The van der Waals surface area contributed by atoms with Gasteiger partial charge in [0.05, 0.1) is 11.8 Å².